The second kappa shape index (κ2) is 7.55. The predicted molar refractivity (Wildman–Crippen MR) is 94.1 cm³/mol. The summed E-state index contributed by atoms with van der Waals surface area (Å²) in [6.07, 6.45) is 2.72. The molecular weight excluding hydrogens is 349 g/mol. The molecule has 1 aliphatic heterocycles. The molecule has 2 heterocycles. The van der Waals surface area contributed by atoms with Gasteiger partial charge in [0.05, 0.1) is 22.3 Å². The minimum Gasteiger partial charge on any atom is -0.381 e. The topological polar surface area (TPSA) is 47.4 Å². The number of amides is 1. The molecule has 24 heavy (non-hydrogen) atoms. The first-order valence-electron chi connectivity index (χ1n) is 7.96. The zero-order valence-electron chi connectivity index (χ0n) is 13.4. The number of ether oxygens (including phenoxy) is 1. The van der Waals surface area contributed by atoms with Gasteiger partial charge in [0, 0.05) is 31.8 Å². The molecule has 7 heteroatoms. The lowest BCUT2D eigenvalue weighted by molar-refractivity contribution is 0.0757. The monoisotopic (exact) mass is 367 g/mol. The van der Waals surface area contributed by atoms with Crippen molar-refractivity contribution in [3.8, 4) is 5.69 Å². The summed E-state index contributed by atoms with van der Waals surface area (Å²) in [5.74, 6) is 0.360. The third-order valence-electron chi connectivity index (χ3n) is 4.11. The van der Waals surface area contributed by atoms with Gasteiger partial charge >= 0.3 is 0 Å². The van der Waals surface area contributed by atoms with Gasteiger partial charge < -0.3 is 9.64 Å². The highest BCUT2D eigenvalue weighted by Crippen LogP contribution is 2.24. The maximum Gasteiger partial charge on any atom is 0.274 e. The van der Waals surface area contributed by atoms with E-state index in [-0.39, 0.29) is 5.91 Å². The maximum absolute atomic E-state index is 12.6. The molecule has 0 saturated carbocycles. The molecule has 2 aromatic rings. The van der Waals surface area contributed by atoms with Crippen molar-refractivity contribution in [1.29, 1.82) is 0 Å². The van der Waals surface area contributed by atoms with Gasteiger partial charge in [-0.15, -0.1) is 0 Å². The van der Waals surface area contributed by atoms with E-state index in [0.29, 0.717) is 34.9 Å². The third kappa shape index (κ3) is 3.74. The number of hydrogen-bond acceptors (Lipinski definition) is 3. The molecule has 1 saturated heterocycles. The number of aromatic nitrogens is 2. The number of nitrogens with zero attached hydrogens (tertiary/aromatic N) is 3. The van der Waals surface area contributed by atoms with Crippen molar-refractivity contribution in [2.45, 2.75) is 13.3 Å². The molecule has 1 fully saturated rings. The first kappa shape index (κ1) is 17.3. The summed E-state index contributed by atoms with van der Waals surface area (Å²) in [4.78, 5) is 14.4. The zero-order valence-corrected chi connectivity index (χ0v) is 14.9. The second-order valence-electron chi connectivity index (χ2n) is 5.81. The molecule has 1 atom stereocenters. The number of halogens is 2. The molecule has 3 rings (SSSR count). The zero-order chi connectivity index (χ0) is 17.1. The Bertz CT molecular complexity index is 732. The van der Waals surface area contributed by atoms with E-state index in [0.717, 1.165) is 25.2 Å². The molecule has 0 radical (unpaired) electrons. The SMILES string of the molecule is CCOCC1CCN(C(=O)c2ccn(-c3ccc(Cl)c(Cl)c3)n2)C1. The highest BCUT2D eigenvalue weighted by molar-refractivity contribution is 6.42. The van der Waals surface area contributed by atoms with Crippen LogP contribution < -0.4 is 0 Å². The van der Waals surface area contributed by atoms with E-state index in [9.17, 15) is 4.79 Å². The Kier molecular flexibility index (Phi) is 5.43. The standard InChI is InChI=1S/C17H19Cl2N3O2/c1-2-24-11-12-5-7-21(10-12)17(23)16-6-8-22(20-16)13-3-4-14(18)15(19)9-13/h3-4,6,8-9,12H,2,5,7,10-11H2,1H3. The molecule has 1 unspecified atom stereocenters. The molecule has 1 amide bonds. The molecule has 5 nitrogen and oxygen atoms in total. The van der Waals surface area contributed by atoms with Crippen LogP contribution in [0.1, 0.15) is 23.8 Å². The van der Waals surface area contributed by atoms with Gasteiger partial charge in [-0.3, -0.25) is 4.79 Å². The summed E-state index contributed by atoms with van der Waals surface area (Å²) in [5.41, 5.74) is 1.19. The average Bonchev–Trinajstić information content (AvgIpc) is 3.24. The van der Waals surface area contributed by atoms with E-state index in [2.05, 4.69) is 5.10 Å². The normalized spacial score (nSPS) is 17.5. The summed E-state index contributed by atoms with van der Waals surface area (Å²) >= 11 is 12.0. The molecule has 1 aliphatic rings. The predicted octanol–water partition coefficient (Wildman–Crippen LogP) is 3.68. The van der Waals surface area contributed by atoms with E-state index in [1.165, 1.54) is 0 Å². The Labute approximate surface area is 151 Å². The van der Waals surface area contributed by atoms with Gasteiger partial charge in [0.15, 0.2) is 5.69 Å². The Balaban J connectivity index is 1.69. The lowest BCUT2D eigenvalue weighted by Crippen LogP contribution is -2.29. The molecule has 1 aromatic carbocycles. The van der Waals surface area contributed by atoms with Crippen molar-refractivity contribution in [3.05, 3.63) is 46.2 Å². The Morgan fingerprint density at radius 3 is 2.92 bits per heavy atom. The first-order chi connectivity index (χ1) is 11.6. The summed E-state index contributed by atoms with van der Waals surface area (Å²) in [7, 11) is 0. The van der Waals surface area contributed by atoms with E-state index >= 15 is 0 Å². The minimum atomic E-state index is -0.0483. The number of carbonyl (C=O) groups excluding carboxylic acids is 1. The van der Waals surface area contributed by atoms with Crippen LogP contribution in [-0.2, 0) is 4.74 Å². The summed E-state index contributed by atoms with van der Waals surface area (Å²) in [6, 6.07) is 6.96. The van der Waals surface area contributed by atoms with Gasteiger partial charge in [-0.05, 0) is 37.6 Å². The summed E-state index contributed by atoms with van der Waals surface area (Å²) in [6.45, 7) is 4.86. The van der Waals surface area contributed by atoms with Crippen molar-refractivity contribution >= 4 is 29.1 Å². The van der Waals surface area contributed by atoms with Crippen LogP contribution in [0, 0.1) is 5.92 Å². The lowest BCUT2D eigenvalue weighted by atomic mass is 10.1. The van der Waals surface area contributed by atoms with Crippen molar-refractivity contribution in [2.24, 2.45) is 5.92 Å². The van der Waals surface area contributed by atoms with Gasteiger partial charge in [0.2, 0.25) is 0 Å². The van der Waals surface area contributed by atoms with Crippen LogP contribution in [0.4, 0.5) is 0 Å². The van der Waals surface area contributed by atoms with Crippen LogP contribution in [0.3, 0.4) is 0 Å². The van der Waals surface area contributed by atoms with E-state index < -0.39 is 0 Å². The summed E-state index contributed by atoms with van der Waals surface area (Å²) in [5, 5.41) is 5.32. The molecule has 0 spiro atoms. The van der Waals surface area contributed by atoms with Crippen LogP contribution in [0.5, 0.6) is 0 Å². The second-order valence-corrected chi connectivity index (χ2v) is 6.62. The molecule has 0 aliphatic carbocycles. The van der Waals surface area contributed by atoms with Gasteiger partial charge in [-0.2, -0.15) is 5.10 Å². The number of hydrogen-bond donors (Lipinski definition) is 0. The van der Waals surface area contributed by atoms with E-state index in [4.69, 9.17) is 27.9 Å². The highest BCUT2D eigenvalue weighted by Gasteiger charge is 2.28. The average molecular weight is 368 g/mol. The van der Waals surface area contributed by atoms with Crippen LogP contribution >= 0.6 is 23.2 Å². The Morgan fingerprint density at radius 2 is 2.17 bits per heavy atom. The van der Waals surface area contributed by atoms with Crippen LogP contribution in [0.25, 0.3) is 5.69 Å². The number of rotatable bonds is 5. The lowest BCUT2D eigenvalue weighted by Gasteiger charge is -2.15. The number of likely N-dealkylation sites (tertiary alicyclic amines) is 1. The fraction of sp³-hybridized carbons (Fsp3) is 0.412. The number of carbonyl (C=O) groups is 1. The van der Waals surface area contributed by atoms with Crippen LogP contribution in [0.2, 0.25) is 10.0 Å². The van der Waals surface area contributed by atoms with E-state index in [1.807, 2.05) is 17.9 Å². The highest BCUT2D eigenvalue weighted by atomic mass is 35.5. The van der Waals surface area contributed by atoms with E-state index in [1.54, 1.807) is 29.1 Å². The van der Waals surface area contributed by atoms with Crippen molar-refractivity contribution in [2.75, 3.05) is 26.3 Å². The van der Waals surface area contributed by atoms with Crippen molar-refractivity contribution in [1.82, 2.24) is 14.7 Å². The Hall–Kier alpha value is -1.56. The Morgan fingerprint density at radius 1 is 1.33 bits per heavy atom. The molecular formula is C17H19Cl2N3O2. The quantitative estimate of drug-likeness (QED) is 0.809. The van der Waals surface area contributed by atoms with Crippen molar-refractivity contribution in [3.63, 3.8) is 0 Å². The number of benzene rings is 1. The molecule has 0 N–H and O–H groups in total. The van der Waals surface area contributed by atoms with Crippen LogP contribution in [0.15, 0.2) is 30.5 Å². The van der Waals surface area contributed by atoms with Gasteiger partial charge in [-0.25, -0.2) is 4.68 Å². The van der Waals surface area contributed by atoms with Gasteiger partial charge in [0.1, 0.15) is 0 Å². The smallest absolute Gasteiger partial charge is 0.274 e. The maximum atomic E-state index is 12.6. The first-order valence-corrected chi connectivity index (χ1v) is 8.72. The largest absolute Gasteiger partial charge is 0.381 e. The molecule has 1 aromatic heterocycles. The third-order valence-corrected chi connectivity index (χ3v) is 4.85. The van der Waals surface area contributed by atoms with Gasteiger partial charge in [0.25, 0.3) is 5.91 Å². The molecule has 128 valence electrons. The summed E-state index contributed by atoms with van der Waals surface area (Å²) < 4.78 is 7.08. The molecule has 0 bridgehead atoms. The van der Waals surface area contributed by atoms with Crippen LogP contribution in [-0.4, -0.2) is 46.9 Å². The van der Waals surface area contributed by atoms with Gasteiger partial charge in [-0.1, -0.05) is 23.2 Å². The minimum absolute atomic E-state index is 0.0483. The fourth-order valence-electron chi connectivity index (χ4n) is 2.81. The van der Waals surface area contributed by atoms with Crippen molar-refractivity contribution < 1.29 is 9.53 Å². The fourth-order valence-corrected chi connectivity index (χ4v) is 3.10.